The first kappa shape index (κ1) is 17.8. The lowest BCUT2D eigenvalue weighted by molar-refractivity contribution is 0.0526. The fraction of sp³-hybridized carbons (Fsp3) is 0.158. The van der Waals surface area contributed by atoms with Crippen molar-refractivity contribution < 1.29 is 14.3 Å². The average molecular weight is 344 g/mol. The Kier molecular flexibility index (Phi) is 6.15. The van der Waals surface area contributed by atoms with Crippen LogP contribution in [0.5, 0.6) is 0 Å². The van der Waals surface area contributed by atoms with E-state index in [4.69, 9.17) is 16.3 Å². The molecular formula is C19H18ClNO3. The van der Waals surface area contributed by atoms with E-state index in [9.17, 15) is 9.59 Å². The highest BCUT2D eigenvalue weighted by Gasteiger charge is 2.06. The number of anilines is 1. The van der Waals surface area contributed by atoms with Crippen molar-refractivity contribution in [3.8, 4) is 0 Å². The summed E-state index contributed by atoms with van der Waals surface area (Å²) in [6, 6.07) is 13.6. The lowest BCUT2D eigenvalue weighted by Gasteiger charge is -2.08. The van der Waals surface area contributed by atoms with Crippen LogP contribution in [0.3, 0.4) is 0 Å². The maximum atomic E-state index is 12.2. The highest BCUT2D eigenvalue weighted by atomic mass is 35.5. The second-order valence-electron chi connectivity index (χ2n) is 5.12. The molecule has 0 aliphatic heterocycles. The fourth-order valence-corrected chi connectivity index (χ4v) is 2.19. The fourth-order valence-electron chi connectivity index (χ4n) is 2.06. The lowest BCUT2D eigenvalue weighted by Crippen LogP contribution is -2.05. The van der Waals surface area contributed by atoms with Gasteiger partial charge in [0.1, 0.15) is 0 Å². The second-order valence-corrected chi connectivity index (χ2v) is 5.56. The predicted octanol–water partition coefficient (Wildman–Crippen LogP) is 4.72. The van der Waals surface area contributed by atoms with E-state index in [2.05, 4.69) is 5.32 Å². The van der Waals surface area contributed by atoms with Crippen molar-refractivity contribution in [1.82, 2.24) is 0 Å². The maximum Gasteiger partial charge on any atom is 0.338 e. The summed E-state index contributed by atoms with van der Waals surface area (Å²) < 4.78 is 4.93. The molecule has 4 nitrogen and oxygen atoms in total. The van der Waals surface area contributed by atoms with Gasteiger partial charge in [0.05, 0.1) is 12.2 Å². The van der Waals surface area contributed by atoms with Crippen LogP contribution in [-0.4, -0.2) is 18.4 Å². The zero-order chi connectivity index (χ0) is 17.5. The first-order valence-corrected chi connectivity index (χ1v) is 7.90. The molecule has 0 heterocycles. The van der Waals surface area contributed by atoms with E-state index in [1.165, 1.54) is 6.08 Å². The zero-order valence-corrected chi connectivity index (χ0v) is 14.3. The first-order chi connectivity index (χ1) is 11.5. The van der Waals surface area contributed by atoms with Crippen LogP contribution in [-0.2, 0) is 4.74 Å². The first-order valence-electron chi connectivity index (χ1n) is 7.52. The molecule has 0 aliphatic rings. The van der Waals surface area contributed by atoms with Crippen LogP contribution in [0.2, 0.25) is 5.02 Å². The van der Waals surface area contributed by atoms with Gasteiger partial charge in [-0.1, -0.05) is 11.6 Å². The third-order valence-corrected chi connectivity index (χ3v) is 3.47. The van der Waals surface area contributed by atoms with Gasteiger partial charge in [-0.3, -0.25) is 4.79 Å². The molecule has 0 saturated carbocycles. The number of carbonyl (C=O) groups is 2. The number of benzene rings is 2. The van der Waals surface area contributed by atoms with E-state index in [1.807, 2.05) is 0 Å². The number of esters is 1. The molecule has 2 aromatic rings. The summed E-state index contributed by atoms with van der Waals surface area (Å²) in [5, 5.41) is 3.70. The lowest BCUT2D eigenvalue weighted by atomic mass is 10.1. The van der Waals surface area contributed by atoms with Gasteiger partial charge in [-0.05, 0) is 62.4 Å². The van der Waals surface area contributed by atoms with Crippen molar-refractivity contribution in [2.45, 2.75) is 13.8 Å². The third-order valence-electron chi connectivity index (χ3n) is 3.21. The molecule has 0 aromatic heterocycles. The van der Waals surface area contributed by atoms with Crippen molar-refractivity contribution in [2.75, 3.05) is 11.9 Å². The normalized spacial score (nSPS) is 11.0. The van der Waals surface area contributed by atoms with Crippen LogP contribution in [0.25, 0.3) is 0 Å². The van der Waals surface area contributed by atoms with E-state index in [1.54, 1.807) is 62.4 Å². The van der Waals surface area contributed by atoms with Gasteiger partial charge >= 0.3 is 5.97 Å². The molecule has 0 aliphatic carbocycles. The number of hydrogen-bond donors (Lipinski definition) is 1. The molecule has 5 heteroatoms. The molecule has 0 radical (unpaired) electrons. The summed E-state index contributed by atoms with van der Waals surface area (Å²) in [7, 11) is 0. The molecule has 24 heavy (non-hydrogen) atoms. The van der Waals surface area contributed by atoms with E-state index in [0.717, 1.165) is 5.69 Å². The standard InChI is InChI=1S/C19H18ClNO3/c1-3-24-19(23)15-6-10-17(11-7-15)21-13(2)12-18(22)14-4-8-16(20)9-5-14/h4-12,21H,3H2,1-2H3/b13-12-. The van der Waals surface area contributed by atoms with E-state index in [-0.39, 0.29) is 11.8 Å². The monoisotopic (exact) mass is 343 g/mol. The molecule has 0 unspecified atom stereocenters. The van der Waals surface area contributed by atoms with E-state index < -0.39 is 0 Å². The number of halogens is 1. The van der Waals surface area contributed by atoms with Gasteiger partial charge in [-0.2, -0.15) is 0 Å². The minimum absolute atomic E-state index is 0.111. The van der Waals surface area contributed by atoms with Crippen LogP contribution in [0.4, 0.5) is 5.69 Å². The molecule has 0 saturated heterocycles. The van der Waals surface area contributed by atoms with Gasteiger partial charge < -0.3 is 10.1 Å². The summed E-state index contributed by atoms with van der Waals surface area (Å²) >= 11 is 5.81. The average Bonchev–Trinajstić information content (AvgIpc) is 2.56. The topological polar surface area (TPSA) is 55.4 Å². The maximum absolute atomic E-state index is 12.2. The summed E-state index contributed by atoms with van der Waals surface area (Å²) in [5.41, 5.74) is 2.53. The molecule has 2 rings (SSSR count). The van der Waals surface area contributed by atoms with Gasteiger partial charge in [0.15, 0.2) is 5.78 Å². The predicted molar refractivity (Wildman–Crippen MR) is 95.6 cm³/mol. The van der Waals surface area contributed by atoms with Gasteiger partial charge in [0.2, 0.25) is 0 Å². The number of nitrogens with one attached hydrogen (secondary N) is 1. The van der Waals surface area contributed by atoms with Crippen molar-refractivity contribution in [3.05, 3.63) is 76.5 Å². The SMILES string of the molecule is CCOC(=O)c1ccc(N/C(C)=C\C(=O)c2ccc(Cl)cc2)cc1. The van der Waals surface area contributed by atoms with Gasteiger partial charge in [-0.25, -0.2) is 4.79 Å². The number of rotatable bonds is 6. The van der Waals surface area contributed by atoms with Gasteiger partial charge in [0.25, 0.3) is 0 Å². The largest absolute Gasteiger partial charge is 0.462 e. The highest BCUT2D eigenvalue weighted by molar-refractivity contribution is 6.30. The smallest absolute Gasteiger partial charge is 0.338 e. The Bertz CT molecular complexity index is 749. The van der Waals surface area contributed by atoms with Crippen LogP contribution in [0.1, 0.15) is 34.6 Å². The zero-order valence-electron chi connectivity index (χ0n) is 13.5. The van der Waals surface area contributed by atoms with E-state index in [0.29, 0.717) is 28.5 Å². The molecule has 0 spiro atoms. The Morgan fingerprint density at radius 2 is 1.62 bits per heavy atom. The molecule has 0 bridgehead atoms. The molecule has 1 N–H and O–H groups in total. The summed E-state index contributed by atoms with van der Waals surface area (Å²) in [6.45, 7) is 3.90. The number of ketones is 1. The van der Waals surface area contributed by atoms with Crippen molar-refractivity contribution in [1.29, 1.82) is 0 Å². The molecule has 0 fully saturated rings. The minimum Gasteiger partial charge on any atom is -0.462 e. The van der Waals surface area contributed by atoms with Crippen LogP contribution in [0.15, 0.2) is 60.3 Å². The molecule has 0 amide bonds. The Hall–Kier alpha value is -2.59. The Morgan fingerprint density at radius 3 is 2.21 bits per heavy atom. The summed E-state index contributed by atoms with van der Waals surface area (Å²) in [5.74, 6) is -0.464. The second kappa shape index (κ2) is 8.31. The minimum atomic E-state index is -0.353. The van der Waals surface area contributed by atoms with Crippen LogP contribution in [0, 0.1) is 0 Å². The summed E-state index contributed by atoms with van der Waals surface area (Å²) in [6.07, 6.45) is 1.52. The molecule has 124 valence electrons. The Morgan fingerprint density at radius 1 is 1.04 bits per heavy atom. The number of ether oxygens (including phenoxy) is 1. The molecule has 2 aromatic carbocycles. The summed E-state index contributed by atoms with van der Waals surface area (Å²) in [4.78, 5) is 23.7. The molecular weight excluding hydrogens is 326 g/mol. The number of carbonyl (C=O) groups excluding carboxylic acids is 2. The third kappa shape index (κ3) is 4.96. The van der Waals surface area contributed by atoms with Gasteiger partial charge in [-0.15, -0.1) is 0 Å². The molecule has 0 atom stereocenters. The van der Waals surface area contributed by atoms with Crippen molar-refractivity contribution in [2.24, 2.45) is 0 Å². The van der Waals surface area contributed by atoms with Gasteiger partial charge in [0, 0.05) is 28.0 Å². The highest BCUT2D eigenvalue weighted by Crippen LogP contribution is 2.14. The van der Waals surface area contributed by atoms with Crippen molar-refractivity contribution in [3.63, 3.8) is 0 Å². The van der Waals surface area contributed by atoms with Crippen LogP contribution < -0.4 is 5.32 Å². The Balaban J connectivity index is 2.03. The Labute approximate surface area is 146 Å². The number of allylic oxidation sites excluding steroid dienone is 2. The van der Waals surface area contributed by atoms with Crippen LogP contribution >= 0.6 is 11.6 Å². The van der Waals surface area contributed by atoms with E-state index >= 15 is 0 Å². The quantitative estimate of drug-likeness (QED) is 0.468. The van der Waals surface area contributed by atoms with Crippen molar-refractivity contribution >= 4 is 29.0 Å². The number of hydrogen-bond acceptors (Lipinski definition) is 4.